The molecule has 0 fully saturated rings. The summed E-state index contributed by atoms with van der Waals surface area (Å²) in [6, 6.07) is 4.92. The van der Waals surface area contributed by atoms with Gasteiger partial charge in [0.25, 0.3) is 5.91 Å². The third-order valence-corrected chi connectivity index (χ3v) is 3.65. The number of carbonyl (C=O) groups is 3. The van der Waals surface area contributed by atoms with Crippen LogP contribution in [0.3, 0.4) is 0 Å². The summed E-state index contributed by atoms with van der Waals surface area (Å²) in [5, 5.41) is 0. The second-order valence-corrected chi connectivity index (χ2v) is 5.20. The molecule has 116 valence electrons. The molecule has 0 aromatic heterocycles. The smallest absolute Gasteiger partial charge is 0.269 e. The maximum atomic E-state index is 12.6. The highest BCUT2D eigenvalue weighted by molar-refractivity contribution is 6.40. The Balaban J connectivity index is 2.73. The number of Topliss-reactive ketones (excluding diaryl/α,β-unsaturated/α-hetero) is 1. The summed E-state index contributed by atoms with van der Waals surface area (Å²) in [5.41, 5.74) is 1.96. The quantitative estimate of drug-likeness (QED) is 0.487. The molecule has 1 aliphatic heterocycles. The van der Waals surface area contributed by atoms with E-state index in [9.17, 15) is 14.4 Å². The van der Waals surface area contributed by atoms with Crippen LogP contribution in [0.2, 0.25) is 0 Å². The van der Waals surface area contributed by atoms with Gasteiger partial charge in [-0.3, -0.25) is 14.4 Å². The minimum atomic E-state index is -0.395. The molecule has 0 spiro atoms. The van der Waals surface area contributed by atoms with E-state index in [1.165, 1.54) is 21.0 Å². The van der Waals surface area contributed by atoms with E-state index >= 15 is 0 Å². The van der Waals surface area contributed by atoms with Gasteiger partial charge >= 0.3 is 0 Å². The maximum absolute atomic E-state index is 12.6. The number of methoxy groups -OCH3 is 1. The molecule has 1 aliphatic rings. The Bertz CT molecular complexity index is 688. The van der Waals surface area contributed by atoms with Crippen molar-refractivity contribution in [3.05, 3.63) is 35.1 Å². The van der Waals surface area contributed by atoms with Crippen LogP contribution in [0.4, 0.5) is 5.69 Å². The fourth-order valence-electron chi connectivity index (χ4n) is 2.62. The molecule has 22 heavy (non-hydrogen) atoms. The van der Waals surface area contributed by atoms with Crippen molar-refractivity contribution in [1.82, 2.24) is 0 Å². The van der Waals surface area contributed by atoms with E-state index in [1.54, 1.807) is 18.2 Å². The van der Waals surface area contributed by atoms with Gasteiger partial charge in [0.1, 0.15) is 5.76 Å². The summed E-state index contributed by atoms with van der Waals surface area (Å²) in [6.45, 7) is 4.79. The van der Waals surface area contributed by atoms with Crippen LogP contribution in [0.5, 0.6) is 0 Å². The van der Waals surface area contributed by atoms with Gasteiger partial charge in [-0.15, -0.1) is 0 Å². The van der Waals surface area contributed by atoms with Crippen LogP contribution >= 0.6 is 0 Å². The number of allylic oxidation sites excluding steroid dienone is 1. The number of anilines is 1. The van der Waals surface area contributed by atoms with Crippen LogP contribution in [-0.4, -0.2) is 24.7 Å². The number of nitrogens with zero attached hydrogens (tertiary/aromatic N) is 1. The highest BCUT2D eigenvalue weighted by Gasteiger charge is 2.37. The standard InChI is InChI=1S/C17H19NO4/c1-5-6-15(22-4)16-13-9-12(10(2)19)7-8-14(13)18(11(3)20)17(16)21/h7-9H,5-6H2,1-4H3/b16-15-. The number of hydrogen-bond acceptors (Lipinski definition) is 4. The lowest BCUT2D eigenvalue weighted by molar-refractivity contribution is -0.122. The van der Waals surface area contributed by atoms with Gasteiger partial charge < -0.3 is 4.74 Å². The second kappa shape index (κ2) is 6.13. The molecule has 0 N–H and O–H groups in total. The highest BCUT2D eigenvalue weighted by Crippen LogP contribution is 2.40. The van der Waals surface area contributed by atoms with Crippen LogP contribution in [-0.2, 0) is 14.3 Å². The van der Waals surface area contributed by atoms with E-state index in [-0.39, 0.29) is 11.7 Å². The predicted molar refractivity (Wildman–Crippen MR) is 83.5 cm³/mol. The Morgan fingerprint density at radius 2 is 1.91 bits per heavy atom. The number of hydrogen-bond donors (Lipinski definition) is 0. The van der Waals surface area contributed by atoms with Crippen LogP contribution < -0.4 is 4.90 Å². The molecule has 0 aliphatic carbocycles. The first kappa shape index (κ1) is 15.9. The number of carbonyl (C=O) groups excluding carboxylic acids is 3. The lowest BCUT2D eigenvalue weighted by Gasteiger charge is -2.12. The molecular formula is C17H19NO4. The summed E-state index contributed by atoms with van der Waals surface area (Å²) in [7, 11) is 1.51. The van der Waals surface area contributed by atoms with E-state index < -0.39 is 5.91 Å². The number of ketones is 1. The summed E-state index contributed by atoms with van der Waals surface area (Å²) < 4.78 is 5.37. The van der Waals surface area contributed by atoms with Crippen molar-refractivity contribution in [2.75, 3.05) is 12.0 Å². The van der Waals surface area contributed by atoms with Gasteiger partial charge in [-0.1, -0.05) is 6.92 Å². The van der Waals surface area contributed by atoms with Crippen LogP contribution in [0.15, 0.2) is 24.0 Å². The number of ether oxygens (including phenoxy) is 1. The largest absolute Gasteiger partial charge is 0.500 e. The number of amides is 2. The SMILES string of the molecule is CCC/C(OC)=C1/C(=O)N(C(C)=O)c2ccc(C(C)=O)cc21. The maximum Gasteiger partial charge on any atom is 0.269 e. The van der Waals surface area contributed by atoms with E-state index in [0.717, 1.165) is 11.3 Å². The minimum Gasteiger partial charge on any atom is -0.500 e. The Morgan fingerprint density at radius 1 is 1.23 bits per heavy atom. The lowest BCUT2D eigenvalue weighted by Crippen LogP contribution is -2.31. The lowest BCUT2D eigenvalue weighted by atomic mass is 10.0. The first-order chi connectivity index (χ1) is 10.4. The Labute approximate surface area is 129 Å². The van der Waals surface area contributed by atoms with Gasteiger partial charge in [0.05, 0.1) is 18.4 Å². The van der Waals surface area contributed by atoms with Crippen LogP contribution in [0.1, 0.15) is 49.5 Å². The molecule has 2 rings (SSSR count). The molecule has 0 radical (unpaired) electrons. The average Bonchev–Trinajstić information content (AvgIpc) is 2.76. The molecule has 5 nitrogen and oxygen atoms in total. The van der Waals surface area contributed by atoms with E-state index in [4.69, 9.17) is 4.74 Å². The third kappa shape index (κ3) is 2.54. The third-order valence-electron chi connectivity index (χ3n) is 3.65. The number of imide groups is 1. The normalized spacial score (nSPS) is 15.6. The van der Waals surface area contributed by atoms with Crippen molar-refractivity contribution >= 4 is 28.9 Å². The van der Waals surface area contributed by atoms with Crippen molar-refractivity contribution in [2.24, 2.45) is 0 Å². The molecule has 0 saturated heterocycles. The molecule has 0 bridgehead atoms. The number of benzene rings is 1. The summed E-state index contributed by atoms with van der Waals surface area (Å²) >= 11 is 0. The fraction of sp³-hybridized carbons (Fsp3) is 0.353. The minimum absolute atomic E-state index is 0.0923. The van der Waals surface area contributed by atoms with Crippen molar-refractivity contribution in [3.8, 4) is 0 Å². The van der Waals surface area contributed by atoms with Gasteiger partial charge in [-0.05, 0) is 31.5 Å². The molecule has 0 unspecified atom stereocenters. The summed E-state index contributed by atoms with van der Waals surface area (Å²) in [4.78, 5) is 37.2. The molecule has 0 saturated carbocycles. The van der Waals surface area contributed by atoms with Gasteiger partial charge in [-0.2, -0.15) is 0 Å². The Kier molecular flexibility index (Phi) is 4.45. The molecule has 1 aromatic carbocycles. The molecule has 1 heterocycles. The molecule has 0 atom stereocenters. The van der Waals surface area contributed by atoms with Crippen LogP contribution in [0, 0.1) is 0 Å². The van der Waals surface area contributed by atoms with Gasteiger partial charge in [0, 0.05) is 24.5 Å². The van der Waals surface area contributed by atoms with Crippen LogP contribution in [0.25, 0.3) is 5.57 Å². The number of rotatable bonds is 4. The van der Waals surface area contributed by atoms with E-state index in [0.29, 0.717) is 34.6 Å². The Morgan fingerprint density at radius 3 is 2.41 bits per heavy atom. The monoisotopic (exact) mass is 301 g/mol. The molecule has 1 aromatic rings. The first-order valence-corrected chi connectivity index (χ1v) is 7.19. The van der Waals surface area contributed by atoms with Gasteiger partial charge in [0.2, 0.25) is 5.91 Å². The molecule has 2 amide bonds. The summed E-state index contributed by atoms with van der Waals surface area (Å²) in [6.07, 6.45) is 1.40. The van der Waals surface area contributed by atoms with Crippen molar-refractivity contribution < 1.29 is 19.1 Å². The average molecular weight is 301 g/mol. The van der Waals surface area contributed by atoms with Gasteiger partial charge in [0.15, 0.2) is 5.78 Å². The molecular weight excluding hydrogens is 282 g/mol. The van der Waals surface area contributed by atoms with Crippen molar-refractivity contribution in [3.63, 3.8) is 0 Å². The van der Waals surface area contributed by atoms with E-state index in [1.807, 2.05) is 6.92 Å². The van der Waals surface area contributed by atoms with E-state index in [2.05, 4.69) is 0 Å². The second-order valence-electron chi connectivity index (χ2n) is 5.20. The summed E-state index contributed by atoms with van der Waals surface area (Å²) in [5.74, 6) is -0.305. The Hall–Kier alpha value is -2.43. The fourth-order valence-corrected chi connectivity index (χ4v) is 2.62. The molecule has 5 heteroatoms. The zero-order chi connectivity index (χ0) is 16.4. The van der Waals surface area contributed by atoms with Crippen molar-refractivity contribution in [2.45, 2.75) is 33.6 Å². The zero-order valence-electron chi connectivity index (χ0n) is 13.2. The van der Waals surface area contributed by atoms with Gasteiger partial charge in [-0.25, -0.2) is 4.90 Å². The highest BCUT2D eigenvalue weighted by atomic mass is 16.5. The number of fused-ring (bicyclic) bond motifs is 1. The zero-order valence-corrected chi connectivity index (χ0v) is 13.2. The van der Waals surface area contributed by atoms with Crippen molar-refractivity contribution in [1.29, 1.82) is 0 Å². The first-order valence-electron chi connectivity index (χ1n) is 7.19. The predicted octanol–water partition coefficient (Wildman–Crippen LogP) is 2.94. The topological polar surface area (TPSA) is 63.7 Å².